The molecular formula is C64H42N2. The van der Waals surface area contributed by atoms with Gasteiger partial charge in [0.15, 0.2) is 0 Å². The number of hydrogen-bond acceptors (Lipinski definition) is 1. The van der Waals surface area contributed by atoms with Crippen LogP contribution in [0.3, 0.4) is 0 Å². The summed E-state index contributed by atoms with van der Waals surface area (Å²) in [5, 5.41) is 12.5. The summed E-state index contributed by atoms with van der Waals surface area (Å²) < 4.78 is 2.53. The number of hydrogen-bond donors (Lipinski definition) is 0. The molecule has 0 saturated carbocycles. The van der Waals surface area contributed by atoms with Crippen molar-refractivity contribution in [1.82, 2.24) is 4.57 Å². The molecule has 0 N–H and O–H groups in total. The third kappa shape index (κ3) is 6.04. The van der Waals surface area contributed by atoms with Gasteiger partial charge in [0, 0.05) is 38.7 Å². The van der Waals surface area contributed by atoms with Gasteiger partial charge < -0.3 is 9.47 Å². The topological polar surface area (TPSA) is 8.17 Å². The maximum atomic E-state index is 2.53. The summed E-state index contributed by atoms with van der Waals surface area (Å²) in [6, 6.07) is 93.4. The number of rotatable bonds is 7. The van der Waals surface area contributed by atoms with Crippen molar-refractivity contribution < 1.29 is 0 Å². The van der Waals surface area contributed by atoms with Gasteiger partial charge in [0.25, 0.3) is 0 Å². The lowest BCUT2D eigenvalue weighted by molar-refractivity contribution is 1.19. The third-order valence-electron chi connectivity index (χ3n) is 13.5. The summed E-state index contributed by atoms with van der Waals surface area (Å²) in [4.78, 5) is 2.46. The minimum absolute atomic E-state index is 1.08. The predicted molar refractivity (Wildman–Crippen MR) is 282 cm³/mol. The molecule has 2 heteroatoms. The van der Waals surface area contributed by atoms with Crippen LogP contribution in [0, 0.1) is 0 Å². The molecule has 0 aliphatic heterocycles. The fraction of sp³-hybridized carbons (Fsp3) is 0. The Bertz CT molecular complexity index is 3890. The Kier molecular flexibility index (Phi) is 8.89. The molecule has 13 rings (SSSR count). The largest absolute Gasteiger partial charge is 0.310 e. The van der Waals surface area contributed by atoms with Crippen molar-refractivity contribution in [2.24, 2.45) is 0 Å². The molecule has 2 nitrogen and oxygen atoms in total. The first-order valence-electron chi connectivity index (χ1n) is 22.8. The van der Waals surface area contributed by atoms with Crippen LogP contribution in [0.4, 0.5) is 17.1 Å². The van der Waals surface area contributed by atoms with Gasteiger partial charge in [-0.2, -0.15) is 0 Å². The van der Waals surface area contributed by atoms with Crippen LogP contribution in [0.5, 0.6) is 0 Å². The van der Waals surface area contributed by atoms with Gasteiger partial charge >= 0.3 is 0 Å². The summed E-state index contributed by atoms with van der Waals surface area (Å²) in [5.41, 5.74) is 13.8. The molecule has 0 aliphatic rings. The van der Waals surface area contributed by atoms with Gasteiger partial charge in [-0.1, -0.05) is 212 Å². The monoisotopic (exact) mass is 838 g/mol. The zero-order valence-electron chi connectivity index (χ0n) is 36.1. The summed E-state index contributed by atoms with van der Waals surface area (Å²) in [5.74, 6) is 0. The molecule has 1 aromatic heterocycles. The standard InChI is InChI=1S/C64H42N2/c1-3-27-49-43(19-1)21-17-36-51(49)45-23-15-25-47(41-45)65(48-26-16-24-46(42-48)52-37-18-22-44-20-2-4-28-50(44)52)60-38-12-9-31-55(60)56-32-10-13-39-61(56)66-62-40-14-11-35-59(62)63-57-33-7-5-29-53(57)54-30-6-8-34-58(54)64(63)66/h1-42H. The molecule has 0 aliphatic carbocycles. The Labute approximate surface area is 383 Å². The van der Waals surface area contributed by atoms with E-state index in [1.165, 1.54) is 87.1 Å². The van der Waals surface area contributed by atoms with Crippen LogP contribution in [0.1, 0.15) is 0 Å². The van der Waals surface area contributed by atoms with Gasteiger partial charge in [-0.15, -0.1) is 0 Å². The number of fused-ring (bicyclic) bond motifs is 10. The number of nitrogens with zero attached hydrogens (tertiary/aromatic N) is 2. The van der Waals surface area contributed by atoms with E-state index in [2.05, 4.69) is 264 Å². The maximum Gasteiger partial charge on any atom is 0.0626 e. The molecule has 0 saturated heterocycles. The Morgan fingerprint density at radius 3 is 1.38 bits per heavy atom. The van der Waals surface area contributed by atoms with Crippen LogP contribution in [0.25, 0.3) is 104 Å². The molecule has 13 aromatic rings. The molecule has 0 radical (unpaired) electrons. The van der Waals surface area contributed by atoms with E-state index in [4.69, 9.17) is 0 Å². The van der Waals surface area contributed by atoms with Gasteiger partial charge in [0.05, 0.1) is 22.4 Å². The van der Waals surface area contributed by atoms with Crippen molar-refractivity contribution in [2.45, 2.75) is 0 Å². The lowest BCUT2D eigenvalue weighted by atomic mass is 9.95. The van der Waals surface area contributed by atoms with E-state index in [1.54, 1.807) is 0 Å². The maximum absolute atomic E-state index is 2.53. The van der Waals surface area contributed by atoms with Crippen molar-refractivity contribution >= 4 is 82.0 Å². The highest BCUT2D eigenvalue weighted by atomic mass is 15.1. The van der Waals surface area contributed by atoms with Crippen molar-refractivity contribution in [1.29, 1.82) is 0 Å². The van der Waals surface area contributed by atoms with Gasteiger partial charge in [0.1, 0.15) is 0 Å². The molecule has 1 heterocycles. The molecule has 0 bridgehead atoms. The zero-order valence-corrected chi connectivity index (χ0v) is 36.1. The molecule has 0 spiro atoms. The van der Waals surface area contributed by atoms with Crippen LogP contribution in [0.2, 0.25) is 0 Å². The summed E-state index contributed by atoms with van der Waals surface area (Å²) >= 11 is 0. The smallest absolute Gasteiger partial charge is 0.0626 e. The average molecular weight is 839 g/mol. The second-order valence-corrected chi connectivity index (χ2v) is 17.2. The quantitative estimate of drug-likeness (QED) is 0.145. The van der Waals surface area contributed by atoms with Crippen LogP contribution in [-0.2, 0) is 0 Å². The molecular weight excluding hydrogens is 797 g/mol. The fourth-order valence-electron chi connectivity index (χ4n) is 10.7. The number of benzene rings is 12. The highest BCUT2D eigenvalue weighted by Crippen LogP contribution is 2.48. The molecule has 0 unspecified atom stereocenters. The van der Waals surface area contributed by atoms with Crippen LogP contribution < -0.4 is 4.90 Å². The molecule has 0 amide bonds. The van der Waals surface area contributed by atoms with Gasteiger partial charge in [0.2, 0.25) is 0 Å². The zero-order chi connectivity index (χ0) is 43.6. The number of aromatic nitrogens is 1. The van der Waals surface area contributed by atoms with E-state index in [0.717, 1.165) is 33.9 Å². The van der Waals surface area contributed by atoms with Crippen LogP contribution >= 0.6 is 0 Å². The second-order valence-electron chi connectivity index (χ2n) is 17.2. The van der Waals surface area contributed by atoms with Crippen molar-refractivity contribution in [3.63, 3.8) is 0 Å². The second kappa shape index (κ2) is 15.5. The van der Waals surface area contributed by atoms with E-state index in [0.29, 0.717) is 0 Å². The van der Waals surface area contributed by atoms with E-state index in [-0.39, 0.29) is 0 Å². The average Bonchev–Trinajstić information content (AvgIpc) is 3.74. The van der Waals surface area contributed by atoms with E-state index >= 15 is 0 Å². The normalized spacial score (nSPS) is 11.6. The van der Waals surface area contributed by atoms with E-state index < -0.39 is 0 Å². The Hall–Kier alpha value is -8.72. The van der Waals surface area contributed by atoms with Crippen molar-refractivity contribution in [3.8, 4) is 39.1 Å². The first-order valence-corrected chi connectivity index (χ1v) is 22.8. The van der Waals surface area contributed by atoms with E-state index in [9.17, 15) is 0 Å². The molecule has 66 heavy (non-hydrogen) atoms. The lowest BCUT2D eigenvalue weighted by Gasteiger charge is -2.29. The SMILES string of the molecule is c1cc(-c2cccc3ccccc23)cc(N(c2cccc(-c3cccc4ccccc34)c2)c2ccccc2-c2ccccc2-n2c3ccccc3c3c4ccccc4c4ccccc4c32)c1. The highest BCUT2D eigenvalue weighted by molar-refractivity contribution is 6.32. The summed E-state index contributed by atoms with van der Waals surface area (Å²) in [7, 11) is 0. The number of para-hydroxylation sites is 3. The van der Waals surface area contributed by atoms with Crippen molar-refractivity contribution in [3.05, 3.63) is 255 Å². The molecule has 0 atom stereocenters. The Morgan fingerprint density at radius 1 is 0.288 bits per heavy atom. The van der Waals surface area contributed by atoms with Crippen LogP contribution in [0.15, 0.2) is 255 Å². The first kappa shape index (κ1) is 37.8. The lowest BCUT2D eigenvalue weighted by Crippen LogP contribution is -2.12. The highest BCUT2D eigenvalue weighted by Gasteiger charge is 2.24. The Morgan fingerprint density at radius 2 is 0.727 bits per heavy atom. The number of anilines is 3. The summed E-state index contributed by atoms with van der Waals surface area (Å²) in [6.45, 7) is 0. The fourth-order valence-corrected chi connectivity index (χ4v) is 10.7. The van der Waals surface area contributed by atoms with Crippen LogP contribution in [-0.4, -0.2) is 4.57 Å². The van der Waals surface area contributed by atoms with Gasteiger partial charge in [-0.25, -0.2) is 0 Å². The van der Waals surface area contributed by atoms with Gasteiger partial charge in [-0.05, 0) is 102 Å². The predicted octanol–water partition coefficient (Wildman–Crippen LogP) is 17.9. The van der Waals surface area contributed by atoms with E-state index in [1.807, 2.05) is 0 Å². The molecule has 308 valence electrons. The Balaban J connectivity index is 1.07. The minimum atomic E-state index is 1.08. The minimum Gasteiger partial charge on any atom is -0.310 e. The molecule has 12 aromatic carbocycles. The van der Waals surface area contributed by atoms with Gasteiger partial charge in [-0.3, -0.25) is 0 Å². The first-order chi connectivity index (χ1) is 32.8. The molecule has 0 fully saturated rings. The summed E-state index contributed by atoms with van der Waals surface area (Å²) in [6.07, 6.45) is 0. The third-order valence-corrected chi connectivity index (χ3v) is 13.5. The van der Waals surface area contributed by atoms with Crippen molar-refractivity contribution in [2.75, 3.05) is 4.90 Å².